The van der Waals surface area contributed by atoms with Gasteiger partial charge in [0.15, 0.2) is 0 Å². The zero-order chi connectivity index (χ0) is 86.2. The number of unbranched alkanes of at least 4 members (excludes halogenated alkanes) is 1. The lowest BCUT2D eigenvalue weighted by Gasteiger charge is -2.32. The normalized spacial score (nSPS) is 18.6. The van der Waals surface area contributed by atoms with Gasteiger partial charge in [-0.2, -0.15) is 0 Å². The molecule has 27 nitrogen and oxygen atoms in total. The van der Waals surface area contributed by atoms with Crippen molar-refractivity contribution in [2.24, 2.45) is 0 Å². The third-order valence-electron chi connectivity index (χ3n) is 23.2. The van der Waals surface area contributed by atoms with Crippen LogP contribution in [-0.4, -0.2) is 157 Å². The van der Waals surface area contributed by atoms with Gasteiger partial charge in [-0.3, -0.25) is 43.2 Å². The Labute approximate surface area is 683 Å². The molecule has 1 atom stereocenters. The van der Waals surface area contributed by atoms with Crippen LogP contribution < -0.4 is 59.1 Å². The predicted molar refractivity (Wildman–Crippen MR) is 428 cm³/mol. The molecule has 5 aliphatic heterocycles. The Morgan fingerprint density at radius 2 is 0.644 bits per heavy atom. The molecule has 7 N–H and O–H groups in total. The van der Waals surface area contributed by atoms with Crippen LogP contribution >= 0.6 is 0 Å². The molecule has 6 aromatic rings. The number of rotatable bonds is 29. The van der Waals surface area contributed by atoms with E-state index in [4.69, 9.17) is 42.1 Å². The number of nitrogens with zero attached hydrogens (tertiary/aromatic N) is 1. The van der Waals surface area contributed by atoms with Gasteiger partial charge in [0.05, 0.1) is 51.2 Å². The first kappa shape index (κ1) is 88.7. The quantitative estimate of drug-likeness (QED) is 0.0108. The minimum atomic E-state index is -1.39. The van der Waals surface area contributed by atoms with E-state index in [2.05, 4.69) is 37.2 Å². The number of carbonyl (C=O) groups is 10. The smallest absolute Gasteiger partial charge is 0.399 e. The van der Waals surface area contributed by atoms with Crippen LogP contribution in [0.25, 0.3) is 0 Å². The Balaban J connectivity index is 0.799. The molecular formula is C83H98B4F4N8O19. The highest BCUT2D eigenvalue weighted by atomic mass is 19.1. The summed E-state index contributed by atoms with van der Waals surface area (Å²) < 4.78 is 112. The molecule has 5 aliphatic rings. The SMILES string of the molecule is CC1(C)OB(c2ccc(C(=O)NCc3cc(CNC(=O)c4ccc(B5OC(C)(C)C(C)(C)O5)c(F)c4)cc(C(=O)NCCCC[C@H](NC(=O)c4cc(CNC(=O)c5ccc(B6OC(C)(C)C(C)(C)O6)c(F)c5)cc(CNC(=O)c5ccc(B6OC(C)(C)C(C)(C)O6)c(F)c5)c4)C(=O)NCCC(=O)ON4C(=O)CCC4=O)c3)cc2F)OC1(C)C. The second kappa shape index (κ2) is 34.7. The molecule has 11 rings (SSSR count). The summed E-state index contributed by atoms with van der Waals surface area (Å²) in [5.74, 6) is -10.6. The van der Waals surface area contributed by atoms with Crippen LogP contribution in [0.5, 0.6) is 0 Å². The molecule has 0 unspecified atom stereocenters. The summed E-state index contributed by atoms with van der Waals surface area (Å²) in [5.41, 5.74) is -4.85. The van der Waals surface area contributed by atoms with Crippen molar-refractivity contribution in [1.29, 1.82) is 0 Å². The fourth-order valence-corrected chi connectivity index (χ4v) is 13.2. The van der Waals surface area contributed by atoms with E-state index in [1.54, 1.807) is 12.1 Å². The van der Waals surface area contributed by atoms with Crippen molar-refractivity contribution in [2.45, 2.75) is 226 Å². The van der Waals surface area contributed by atoms with E-state index in [0.717, 1.165) is 24.3 Å². The van der Waals surface area contributed by atoms with Gasteiger partial charge in [0.25, 0.3) is 47.3 Å². The molecule has 0 aliphatic carbocycles. The molecule has 118 heavy (non-hydrogen) atoms. The Morgan fingerprint density at radius 1 is 0.364 bits per heavy atom. The maximum absolute atomic E-state index is 15.9. The Hall–Kier alpha value is -10.1. The highest BCUT2D eigenvalue weighted by molar-refractivity contribution is 6.63. The van der Waals surface area contributed by atoms with Crippen molar-refractivity contribution in [3.05, 3.63) is 188 Å². The molecule has 0 radical (unpaired) electrons. The molecule has 6 aromatic carbocycles. The Morgan fingerprint density at radius 3 is 0.932 bits per heavy atom. The fraction of sp³-hybridized carbons (Fsp3) is 0.446. The topological polar surface area (TPSA) is 341 Å². The van der Waals surface area contributed by atoms with Gasteiger partial charge < -0.3 is 79.3 Å². The summed E-state index contributed by atoms with van der Waals surface area (Å²) in [4.78, 5) is 141. The second-order valence-corrected chi connectivity index (χ2v) is 34.0. The van der Waals surface area contributed by atoms with Gasteiger partial charge in [-0.05, 0) is 225 Å². The van der Waals surface area contributed by atoms with E-state index in [1.807, 2.05) is 111 Å². The van der Waals surface area contributed by atoms with E-state index < -0.39 is 175 Å². The first-order valence-electron chi connectivity index (χ1n) is 39.1. The van der Waals surface area contributed by atoms with Crippen molar-refractivity contribution in [1.82, 2.24) is 42.3 Å². The van der Waals surface area contributed by atoms with Crippen LogP contribution in [0.2, 0.25) is 0 Å². The minimum Gasteiger partial charge on any atom is -0.399 e. The van der Waals surface area contributed by atoms with Gasteiger partial charge >= 0.3 is 34.4 Å². The minimum absolute atomic E-state index is 0.0363. The number of amides is 9. The summed E-state index contributed by atoms with van der Waals surface area (Å²) in [6, 6.07) is 23.0. The molecule has 5 heterocycles. The summed E-state index contributed by atoms with van der Waals surface area (Å²) in [5, 5.41) is 19.5. The monoisotopic (exact) mass is 1630 g/mol. The maximum atomic E-state index is 15.9. The van der Waals surface area contributed by atoms with Crippen LogP contribution in [-0.2, 0) is 87.4 Å². The van der Waals surface area contributed by atoms with E-state index in [9.17, 15) is 47.9 Å². The molecular weight excluding hydrogens is 1530 g/mol. The van der Waals surface area contributed by atoms with E-state index in [-0.39, 0.29) is 131 Å². The molecule has 624 valence electrons. The van der Waals surface area contributed by atoms with Crippen molar-refractivity contribution in [2.75, 3.05) is 13.1 Å². The average Bonchev–Trinajstić information content (AvgIpc) is 1.64. The lowest BCUT2D eigenvalue weighted by Crippen LogP contribution is -2.47. The standard InChI is InChI=1S/C83H98B4F4N8O19/c1-76(2)77(3,4)112-84(111-76)57-24-20-51(39-61(57)88)69(103)94-43-47-33-48(44-95-70(104)52-21-25-58(62(89)40-52)85-113-78(5,6)79(7,8)114-85)36-55(35-47)73(107)92-31-18-17-19-65(75(109)93-32-30-68(102)110-99-66(100)28-29-67(99)101)98-74(108)56-37-49(45-96-71(105)53-22-26-59(63(90)41-53)86-115-80(9,10)81(11,12)116-86)34-50(38-56)46-97-72(106)54-23-27-60(64(91)42-54)87-117-82(13,14)83(15,16)118-87/h20-27,33-42,65H,17-19,28-32,43-46H2,1-16H3,(H,92,107)(H,93,109)(H,94,103)(H,95,104)(H,96,105)(H,97,106)(H,98,108)/t65-/m0/s1. The Kier molecular flexibility index (Phi) is 26.1. The number of carbonyl (C=O) groups excluding carboxylic acids is 10. The van der Waals surface area contributed by atoms with Crippen LogP contribution in [0.1, 0.15) is 234 Å². The van der Waals surface area contributed by atoms with Gasteiger partial charge in [-0.25, -0.2) is 22.4 Å². The molecule has 5 saturated heterocycles. The molecule has 35 heteroatoms. The number of hydrogen-bond acceptors (Lipinski definition) is 19. The van der Waals surface area contributed by atoms with Crippen molar-refractivity contribution >= 4 is 109 Å². The largest absolute Gasteiger partial charge is 0.497 e. The lowest BCUT2D eigenvalue weighted by molar-refractivity contribution is -0.197. The first-order chi connectivity index (χ1) is 55.1. The highest BCUT2D eigenvalue weighted by Crippen LogP contribution is 2.41. The molecule has 5 fully saturated rings. The van der Waals surface area contributed by atoms with Gasteiger partial charge in [-0.1, -0.05) is 36.4 Å². The number of hydroxylamine groups is 2. The van der Waals surface area contributed by atoms with Gasteiger partial charge in [0.1, 0.15) is 29.3 Å². The molecule has 0 saturated carbocycles. The zero-order valence-electron chi connectivity index (χ0n) is 69.0. The highest BCUT2D eigenvalue weighted by Gasteiger charge is 2.56. The van der Waals surface area contributed by atoms with Crippen molar-refractivity contribution < 1.29 is 108 Å². The fourth-order valence-electron chi connectivity index (χ4n) is 13.2. The van der Waals surface area contributed by atoms with Crippen LogP contribution in [0.15, 0.2) is 109 Å². The van der Waals surface area contributed by atoms with Gasteiger partial charge in [-0.15, -0.1) is 5.06 Å². The van der Waals surface area contributed by atoms with Gasteiger partial charge in [0.2, 0.25) is 5.91 Å². The van der Waals surface area contributed by atoms with E-state index in [1.165, 1.54) is 72.8 Å². The summed E-state index contributed by atoms with van der Waals surface area (Å²) >= 11 is 0. The number of nitrogens with one attached hydrogen (secondary N) is 7. The maximum Gasteiger partial charge on any atom is 0.497 e. The van der Waals surface area contributed by atoms with E-state index in [0.29, 0.717) is 16.2 Å². The third kappa shape index (κ3) is 20.1. The van der Waals surface area contributed by atoms with Crippen LogP contribution in [0.4, 0.5) is 17.6 Å². The zero-order valence-corrected chi connectivity index (χ0v) is 69.0. The number of hydrogen-bond donors (Lipinski definition) is 7. The second-order valence-electron chi connectivity index (χ2n) is 34.0. The Bertz CT molecular complexity index is 4650. The van der Waals surface area contributed by atoms with Crippen molar-refractivity contribution in [3.63, 3.8) is 0 Å². The molecule has 9 amide bonds. The number of imide groups is 1. The van der Waals surface area contributed by atoms with Crippen molar-refractivity contribution in [3.8, 4) is 0 Å². The number of benzene rings is 6. The third-order valence-corrected chi connectivity index (χ3v) is 23.2. The van der Waals surface area contributed by atoms with Gasteiger partial charge in [0, 0.05) is 107 Å². The molecule has 0 bridgehead atoms. The predicted octanol–water partition coefficient (Wildman–Crippen LogP) is 6.97. The number of halogens is 4. The average molecular weight is 1630 g/mol. The first-order valence-corrected chi connectivity index (χ1v) is 39.1. The van der Waals surface area contributed by atoms with Crippen LogP contribution in [0.3, 0.4) is 0 Å². The van der Waals surface area contributed by atoms with Crippen LogP contribution in [0, 0.1) is 23.3 Å². The lowest BCUT2D eigenvalue weighted by atomic mass is 9.78. The molecule has 0 aromatic heterocycles. The molecule has 0 spiro atoms. The summed E-state index contributed by atoms with van der Waals surface area (Å²) in [6.07, 6.45) is -0.680. The summed E-state index contributed by atoms with van der Waals surface area (Å²) in [6.45, 7) is 27.7. The summed E-state index contributed by atoms with van der Waals surface area (Å²) in [7, 11) is -4.22. The van der Waals surface area contributed by atoms with E-state index >= 15 is 17.6 Å².